The van der Waals surface area contributed by atoms with Crippen LogP contribution in [0.15, 0.2) is 0 Å². The highest BCUT2D eigenvalue weighted by molar-refractivity contribution is 5.88. The van der Waals surface area contributed by atoms with Gasteiger partial charge in [0, 0.05) is 26.3 Å². The van der Waals surface area contributed by atoms with Gasteiger partial charge in [-0.15, -0.1) is 0 Å². The first-order valence-corrected chi connectivity index (χ1v) is 21.7. The van der Waals surface area contributed by atoms with Crippen LogP contribution in [0.5, 0.6) is 0 Å². The van der Waals surface area contributed by atoms with Gasteiger partial charge in [0.1, 0.15) is 0 Å². The van der Waals surface area contributed by atoms with E-state index in [-0.39, 0.29) is 32.0 Å². The number of hydrogen-bond acceptors (Lipinski definition) is 19. The van der Waals surface area contributed by atoms with Crippen molar-refractivity contribution in [2.24, 2.45) is 5.73 Å². The summed E-state index contributed by atoms with van der Waals surface area (Å²) in [6.07, 6.45) is -0.142. The Morgan fingerprint density at radius 2 is 0.525 bits per heavy atom. The average molecular weight is 892 g/mol. The molecule has 21 nitrogen and oxygen atoms in total. The van der Waals surface area contributed by atoms with Crippen LogP contribution in [0.25, 0.3) is 0 Å². The van der Waals surface area contributed by atoms with E-state index in [9.17, 15) is 9.59 Å². The molecule has 0 spiro atoms. The zero-order valence-electron chi connectivity index (χ0n) is 37.3. The molecule has 2 amide bonds. The monoisotopic (exact) mass is 892 g/mol. The van der Waals surface area contributed by atoms with Crippen molar-refractivity contribution in [2.75, 3.05) is 225 Å². The van der Waals surface area contributed by atoms with Gasteiger partial charge in [0.25, 0.3) is 0 Å². The number of amides is 2. The maximum Gasteiger partial charge on any atom is 0.237 e. The predicted molar refractivity (Wildman–Crippen MR) is 223 cm³/mol. The first-order chi connectivity index (χ1) is 30.1. The molecule has 0 bridgehead atoms. The minimum Gasteiger partial charge on any atom is -0.379 e. The van der Waals surface area contributed by atoms with Gasteiger partial charge in [0.2, 0.25) is 11.8 Å². The van der Waals surface area contributed by atoms with Crippen molar-refractivity contribution in [3.05, 3.63) is 0 Å². The average Bonchev–Trinajstić information content (AvgIpc) is 3.26. The van der Waals surface area contributed by atoms with Crippen molar-refractivity contribution in [3.8, 4) is 0 Å². The van der Waals surface area contributed by atoms with E-state index in [0.29, 0.717) is 205 Å². The number of rotatable bonds is 53. The highest BCUT2D eigenvalue weighted by atomic mass is 16.6. The largest absolute Gasteiger partial charge is 0.379 e. The van der Waals surface area contributed by atoms with Gasteiger partial charge >= 0.3 is 0 Å². The molecule has 0 unspecified atom stereocenters. The SMILES string of the molecule is CCOCCOCCOCCOCCOCCOCCOCCOCCNC(=O)C[C@@H](N)C(=O)NCCOCCOCCOCCOCCOCCOCCOCCOCC. The van der Waals surface area contributed by atoms with Gasteiger partial charge in [-0.25, -0.2) is 0 Å². The normalized spacial score (nSPS) is 12.0. The topological polar surface area (TPSA) is 232 Å². The molecule has 21 heteroatoms. The number of carbonyl (C=O) groups excluding carboxylic acids is 2. The van der Waals surface area contributed by atoms with E-state index in [0.717, 1.165) is 0 Å². The lowest BCUT2D eigenvalue weighted by atomic mass is 10.2. The van der Waals surface area contributed by atoms with E-state index in [1.807, 2.05) is 13.8 Å². The highest BCUT2D eigenvalue weighted by Gasteiger charge is 2.16. The molecule has 0 aliphatic heterocycles. The van der Waals surface area contributed by atoms with Gasteiger partial charge in [-0.3, -0.25) is 9.59 Å². The van der Waals surface area contributed by atoms with Crippen molar-refractivity contribution >= 4 is 11.8 Å². The van der Waals surface area contributed by atoms with Crippen LogP contribution in [0.4, 0.5) is 0 Å². The van der Waals surface area contributed by atoms with Crippen LogP contribution in [0.1, 0.15) is 20.3 Å². The van der Waals surface area contributed by atoms with E-state index in [1.165, 1.54) is 0 Å². The molecule has 364 valence electrons. The summed E-state index contributed by atoms with van der Waals surface area (Å²) < 4.78 is 86.5. The highest BCUT2D eigenvalue weighted by Crippen LogP contribution is 1.91. The van der Waals surface area contributed by atoms with Crippen LogP contribution in [0.3, 0.4) is 0 Å². The van der Waals surface area contributed by atoms with E-state index in [2.05, 4.69) is 10.6 Å². The molecular weight excluding hydrogens is 810 g/mol. The third-order valence-electron chi connectivity index (χ3n) is 7.47. The molecule has 0 saturated carbocycles. The number of ether oxygens (including phenoxy) is 16. The second kappa shape index (κ2) is 52.6. The molecule has 0 rings (SSSR count). The van der Waals surface area contributed by atoms with Crippen molar-refractivity contribution in [1.82, 2.24) is 10.6 Å². The summed E-state index contributed by atoms with van der Waals surface area (Å²) in [5.74, 6) is -0.772. The Kier molecular flexibility index (Phi) is 51.1. The predicted octanol–water partition coefficient (Wildman–Crippen LogP) is -0.758. The van der Waals surface area contributed by atoms with Crippen LogP contribution in [-0.4, -0.2) is 242 Å². The summed E-state index contributed by atoms with van der Waals surface area (Å²) in [4.78, 5) is 24.3. The van der Waals surface area contributed by atoms with Crippen molar-refractivity contribution < 1.29 is 85.4 Å². The molecule has 0 radical (unpaired) electrons. The van der Waals surface area contributed by atoms with Gasteiger partial charge in [-0.2, -0.15) is 0 Å². The fourth-order valence-corrected chi connectivity index (χ4v) is 4.37. The van der Waals surface area contributed by atoms with Crippen LogP contribution in [-0.2, 0) is 85.4 Å². The number of hydrogen-bond donors (Lipinski definition) is 3. The zero-order chi connectivity index (χ0) is 44.2. The smallest absolute Gasteiger partial charge is 0.237 e. The molecular formula is C40H81N3O18. The first-order valence-electron chi connectivity index (χ1n) is 21.7. The lowest BCUT2D eigenvalue weighted by Gasteiger charge is -2.13. The minimum absolute atomic E-state index is 0.142. The van der Waals surface area contributed by atoms with Crippen LogP contribution in [0.2, 0.25) is 0 Å². The first kappa shape index (κ1) is 59.3. The van der Waals surface area contributed by atoms with Crippen molar-refractivity contribution in [2.45, 2.75) is 26.3 Å². The molecule has 0 saturated heterocycles. The Morgan fingerprint density at radius 3 is 0.754 bits per heavy atom. The van der Waals surface area contributed by atoms with Gasteiger partial charge < -0.3 is 92.2 Å². The van der Waals surface area contributed by atoms with Crippen molar-refractivity contribution in [1.29, 1.82) is 0 Å². The van der Waals surface area contributed by atoms with Crippen LogP contribution >= 0.6 is 0 Å². The standard InChI is InChI=1S/C40H81N3O18/c1-3-46-9-11-50-17-19-54-25-27-58-33-35-60-31-29-56-23-21-52-15-13-48-7-5-42-39(44)37-38(41)40(45)43-6-8-49-14-16-53-22-24-57-30-32-61-36-34-59-28-26-55-20-18-51-12-10-47-4-2/h38H,3-37,41H2,1-2H3,(H,42,44)(H,43,45)/t38-/m1/s1. The molecule has 0 aromatic carbocycles. The Hall–Kier alpha value is -1.74. The molecule has 0 fully saturated rings. The third-order valence-corrected chi connectivity index (χ3v) is 7.47. The van der Waals surface area contributed by atoms with Crippen LogP contribution < -0.4 is 16.4 Å². The van der Waals surface area contributed by atoms with Crippen molar-refractivity contribution in [3.63, 3.8) is 0 Å². The number of nitrogens with two attached hydrogens (primary N) is 1. The molecule has 1 atom stereocenters. The van der Waals surface area contributed by atoms with Gasteiger partial charge in [0.15, 0.2) is 0 Å². The minimum atomic E-state index is -0.972. The van der Waals surface area contributed by atoms with E-state index in [4.69, 9.17) is 81.5 Å². The van der Waals surface area contributed by atoms with E-state index in [1.54, 1.807) is 0 Å². The summed E-state index contributed by atoms with van der Waals surface area (Å²) in [6.45, 7) is 20.0. The summed E-state index contributed by atoms with van der Waals surface area (Å²) in [5.41, 5.74) is 5.87. The number of nitrogens with one attached hydrogen (secondary N) is 2. The molecule has 0 aromatic heterocycles. The van der Waals surface area contributed by atoms with Gasteiger partial charge in [0.05, 0.1) is 211 Å². The molecule has 4 N–H and O–H groups in total. The maximum atomic E-state index is 12.2. The fourth-order valence-electron chi connectivity index (χ4n) is 4.37. The second-order valence-corrected chi connectivity index (χ2v) is 12.4. The van der Waals surface area contributed by atoms with Gasteiger partial charge in [-0.1, -0.05) is 0 Å². The lowest BCUT2D eigenvalue weighted by Crippen LogP contribution is -2.45. The summed E-state index contributed by atoms with van der Waals surface area (Å²) in [5, 5.41) is 5.35. The summed E-state index contributed by atoms with van der Waals surface area (Å²) in [7, 11) is 0. The molecule has 0 aliphatic carbocycles. The van der Waals surface area contributed by atoms with Crippen LogP contribution in [0, 0.1) is 0 Å². The Balaban J connectivity index is 3.31. The molecule has 0 aromatic rings. The fraction of sp³-hybridized carbons (Fsp3) is 0.950. The number of carbonyl (C=O) groups is 2. The maximum absolute atomic E-state index is 12.2. The summed E-state index contributed by atoms with van der Waals surface area (Å²) in [6, 6.07) is -0.972. The second-order valence-electron chi connectivity index (χ2n) is 12.4. The van der Waals surface area contributed by atoms with E-state index < -0.39 is 11.9 Å². The third kappa shape index (κ3) is 50.8. The quantitative estimate of drug-likeness (QED) is 0.0638. The van der Waals surface area contributed by atoms with Gasteiger partial charge in [-0.05, 0) is 13.8 Å². The molecule has 0 aliphatic rings. The zero-order valence-corrected chi connectivity index (χ0v) is 37.3. The lowest BCUT2D eigenvalue weighted by molar-refractivity contribution is -0.127. The molecule has 0 heterocycles. The van der Waals surface area contributed by atoms with E-state index >= 15 is 0 Å². The Labute approximate surface area is 364 Å². The summed E-state index contributed by atoms with van der Waals surface area (Å²) >= 11 is 0. The Morgan fingerprint density at radius 1 is 0.328 bits per heavy atom. The Bertz CT molecular complexity index is 889. The molecule has 61 heavy (non-hydrogen) atoms.